The summed E-state index contributed by atoms with van der Waals surface area (Å²) in [5, 5.41) is 4.45. The molecular weight excluding hydrogens is 340 g/mol. The predicted octanol–water partition coefficient (Wildman–Crippen LogP) is 2.56. The van der Waals surface area contributed by atoms with Gasteiger partial charge in [-0.25, -0.2) is 0 Å². The molecule has 2 aliphatic rings. The van der Waals surface area contributed by atoms with Crippen LogP contribution < -0.4 is 0 Å². The van der Waals surface area contributed by atoms with Gasteiger partial charge in [-0.15, -0.1) is 0 Å². The summed E-state index contributed by atoms with van der Waals surface area (Å²) in [6, 6.07) is 11.9. The highest BCUT2D eigenvalue weighted by Crippen LogP contribution is 2.41. The number of nitrogens with zero attached hydrogens (tertiary/aromatic N) is 4. The van der Waals surface area contributed by atoms with Crippen LogP contribution >= 0.6 is 0 Å². The van der Waals surface area contributed by atoms with Crippen molar-refractivity contribution in [3.63, 3.8) is 0 Å². The van der Waals surface area contributed by atoms with Gasteiger partial charge in [-0.05, 0) is 31.4 Å². The summed E-state index contributed by atoms with van der Waals surface area (Å²) in [6.07, 6.45) is 2.41. The largest absolute Gasteiger partial charge is 0.342 e. The molecule has 0 aliphatic carbocycles. The van der Waals surface area contributed by atoms with Gasteiger partial charge in [0.25, 0.3) is 5.91 Å². The van der Waals surface area contributed by atoms with E-state index in [9.17, 15) is 9.59 Å². The Morgan fingerprint density at radius 2 is 1.89 bits per heavy atom. The minimum absolute atomic E-state index is 0.0145. The Morgan fingerprint density at radius 1 is 1.19 bits per heavy atom. The van der Waals surface area contributed by atoms with Crippen LogP contribution in [-0.2, 0) is 11.8 Å². The summed E-state index contributed by atoms with van der Waals surface area (Å²) < 4.78 is 1.77. The number of piperidine rings is 1. The van der Waals surface area contributed by atoms with E-state index in [2.05, 4.69) is 5.10 Å². The molecule has 0 unspecified atom stereocenters. The number of benzene rings is 1. The van der Waals surface area contributed by atoms with Crippen molar-refractivity contribution in [2.24, 2.45) is 12.5 Å². The van der Waals surface area contributed by atoms with Crippen LogP contribution in [0, 0.1) is 5.41 Å². The summed E-state index contributed by atoms with van der Waals surface area (Å²) in [5.74, 6) is 0.244. The van der Waals surface area contributed by atoms with Crippen molar-refractivity contribution < 1.29 is 9.59 Å². The summed E-state index contributed by atoms with van der Waals surface area (Å²) in [4.78, 5) is 28.9. The first-order valence-electron chi connectivity index (χ1n) is 9.68. The van der Waals surface area contributed by atoms with E-state index in [-0.39, 0.29) is 17.2 Å². The second kappa shape index (κ2) is 6.83. The van der Waals surface area contributed by atoms with Crippen molar-refractivity contribution in [1.82, 2.24) is 19.6 Å². The lowest BCUT2D eigenvalue weighted by Gasteiger charge is -2.38. The molecule has 2 fully saturated rings. The standard InChI is InChI=1S/C21H26N4O2/c1-3-24-15-21(14-19(24)26)9-11-25(12-10-21)20(27)17-13-18(23(2)22-17)16-7-5-4-6-8-16/h4-8,13H,3,9-12,14-15H2,1-2H3. The minimum atomic E-state index is -0.0145. The lowest BCUT2D eigenvalue weighted by atomic mass is 9.77. The topological polar surface area (TPSA) is 58.4 Å². The number of aromatic nitrogens is 2. The number of carbonyl (C=O) groups is 2. The van der Waals surface area contributed by atoms with Gasteiger partial charge in [0.15, 0.2) is 5.69 Å². The zero-order chi connectivity index (χ0) is 19.0. The van der Waals surface area contributed by atoms with E-state index in [4.69, 9.17) is 0 Å². The van der Waals surface area contributed by atoms with Gasteiger partial charge in [-0.3, -0.25) is 14.3 Å². The number of hydrogen-bond donors (Lipinski definition) is 0. The second-order valence-electron chi connectivity index (χ2n) is 7.78. The zero-order valence-corrected chi connectivity index (χ0v) is 16.0. The van der Waals surface area contributed by atoms with Crippen LogP contribution in [0.1, 0.15) is 36.7 Å². The first-order chi connectivity index (χ1) is 13.0. The number of carbonyl (C=O) groups excluding carboxylic acids is 2. The molecule has 6 heteroatoms. The lowest BCUT2D eigenvalue weighted by Crippen LogP contribution is -2.44. The molecule has 2 saturated heterocycles. The molecular formula is C21H26N4O2. The smallest absolute Gasteiger partial charge is 0.274 e. The maximum Gasteiger partial charge on any atom is 0.274 e. The van der Waals surface area contributed by atoms with Crippen molar-refractivity contribution in [3.8, 4) is 11.3 Å². The molecule has 3 heterocycles. The average Bonchev–Trinajstić information content (AvgIpc) is 3.22. The molecule has 1 aromatic carbocycles. The fraction of sp³-hybridized carbons (Fsp3) is 0.476. The van der Waals surface area contributed by atoms with Gasteiger partial charge in [0.1, 0.15) is 0 Å². The second-order valence-corrected chi connectivity index (χ2v) is 7.78. The highest BCUT2D eigenvalue weighted by Gasteiger charge is 2.45. The van der Waals surface area contributed by atoms with Gasteiger partial charge in [-0.1, -0.05) is 30.3 Å². The van der Waals surface area contributed by atoms with E-state index in [1.807, 2.05) is 60.2 Å². The quantitative estimate of drug-likeness (QED) is 0.839. The van der Waals surface area contributed by atoms with E-state index >= 15 is 0 Å². The normalized spacial score (nSPS) is 19.1. The summed E-state index contributed by atoms with van der Waals surface area (Å²) >= 11 is 0. The van der Waals surface area contributed by atoms with Crippen LogP contribution in [0.15, 0.2) is 36.4 Å². The fourth-order valence-electron chi connectivity index (χ4n) is 4.40. The number of amides is 2. The van der Waals surface area contributed by atoms with Gasteiger partial charge in [0.2, 0.25) is 5.91 Å². The van der Waals surface area contributed by atoms with E-state index < -0.39 is 0 Å². The Hall–Kier alpha value is -2.63. The summed E-state index contributed by atoms with van der Waals surface area (Å²) in [6.45, 7) is 5.04. The fourth-order valence-corrected chi connectivity index (χ4v) is 4.40. The molecule has 2 amide bonds. The molecule has 2 aromatic rings. The first kappa shape index (κ1) is 17.8. The van der Waals surface area contributed by atoms with Crippen molar-refractivity contribution >= 4 is 11.8 Å². The molecule has 4 rings (SSSR count). The van der Waals surface area contributed by atoms with Crippen LogP contribution in [0.4, 0.5) is 0 Å². The molecule has 27 heavy (non-hydrogen) atoms. The lowest BCUT2D eigenvalue weighted by molar-refractivity contribution is -0.127. The Bertz CT molecular complexity index is 850. The molecule has 0 N–H and O–H groups in total. The maximum atomic E-state index is 13.0. The van der Waals surface area contributed by atoms with Crippen molar-refractivity contribution in [2.45, 2.75) is 26.2 Å². The highest BCUT2D eigenvalue weighted by atomic mass is 16.2. The third-order valence-corrected chi connectivity index (χ3v) is 6.07. The van der Waals surface area contributed by atoms with Gasteiger partial charge >= 0.3 is 0 Å². The monoisotopic (exact) mass is 366 g/mol. The van der Waals surface area contributed by atoms with Crippen molar-refractivity contribution in [1.29, 1.82) is 0 Å². The molecule has 0 bridgehead atoms. The van der Waals surface area contributed by atoms with Gasteiger partial charge in [-0.2, -0.15) is 5.10 Å². The van der Waals surface area contributed by atoms with Crippen LogP contribution in [0.2, 0.25) is 0 Å². The van der Waals surface area contributed by atoms with E-state index in [1.54, 1.807) is 4.68 Å². The Labute approximate surface area is 159 Å². The molecule has 0 radical (unpaired) electrons. The Kier molecular flexibility index (Phi) is 4.50. The van der Waals surface area contributed by atoms with Gasteiger partial charge in [0, 0.05) is 45.1 Å². The van der Waals surface area contributed by atoms with Crippen molar-refractivity contribution in [3.05, 3.63) is 42.1 Å². The molecule has 6 nitrogen and oxygen atoms in total. The average molecular weight is 366 g/mol. The van der Waals surface area contributed by atoms with Crippen LogP contribution in [-0.4, -0.2) is 57.6 Å². The predicted molar refractivity (Wildman–Crippen MR) is 103 cm³/mol. The van der Waals surface area contributed by atoms with Crippen LogP contribution in [0.5, 0.6) is 0 Å². The number of aryl methyl sites for hydroxylation is 1. The van der Waals surface area contributed by atoms with Gasteiger partial charge in [0.05, 0.1) is 5.69 Å². The molecule has 142 valence electrons. The molecule has 0 saturated carbocycles. The number of hydrogen-bond acceptors (Lipinski definition) is 3. The van der Waals surface area contributed by atoms with Crippen LogP contribution in [0.25, 0.3) is 11.3 Å². The molecule has 1 spiro atoms. The van der Waals surface area contributed by atoms with Crippen LogP contribution in [0.3, 0.4) is 0 Å². The SMILES string of the molecule is CCN1CC2(CCN(C(=O)c3cc(-c4ccccc4)n(C)n3)CC2)CC1=O. The summed E-state index contributed by atoms with van der Waals surface area (Å²) in [5.41, 5.74) is 2.54. The third-order valence-electron chi connectivity index (χ3n) is 6.07. The molecule has 1 aromatic heterocycles. The zero-order valence-electron chi connectivity index (χ0n) is 16.0. The number of rotatable bonds is 3. The first-order valence-corrected chi connectivity index (χ1v) is 9.68. The Morgan fingerprint density at radius 3 is 2.52 bits per heavy atom. The number of likely N-dealkylation sites (tertiary alicyclic amines) is 2. The summed E-state index contributed by atoms with van der Waals surface area (Å²) in [7, 11) is 1.87. The van der Waals surface area contributed by atoms with Gasteiger partial charge < -0.3 is 9.80 Å². The van der Waals surface area contributed by atoms with E-state index in [1.165, 1.54) is 0 Å². The van der Waals surface area contributed by atoms with E-state index in [0.29, 0.717) is 25.2 Å². The van der Waals surface area contributed by atoms with E-state index in [0.717, 1.165) is 37.2 Å². The Balaban J connectivity index is 1.45. The third kappa shape index (κ3) is 3.24. The maximum absolute atomic E-state index is 13.0. The highest BCUT2D eigenvalue weighted by molar-refractivity contribution is 5.93. The molecule has 2 aliphatic heterocycles. The van der Waals surface area contributed by atoms with Crippen molar-refractivity contribution in [2.75, 3.05) is 26.2 Å². The molecule has 0 atom stereocenters. The minimum Gasteiger partial charge on any atom is -0.342 e.